The fraction of sp³-hybridized carbons (Fsp3) is 0.571. The summed E-state index contributed by atoms with van der Waals surface area (Å²) >= 11 is 0. The summed E-state index contributed by atoms with van der Waals surface area (Å²) in [5, 5.41) is 0. The molecule has 1 atom stereocenters. The third kappa shape index (κ3) is 4.67. The van der Waals surface area contributed by atoms with Crippen molar-refractivity contribution in [3.05, 3.63) is 29.3 Å². The van der Waals surface area contributed by atoms with Gasteiger partial charge in [0, 0.05) is 6.04 Å². The highest BCUT2D eigenvalue weighted by atomic mass is 16.5. The second kappa shape index (κ2) is 6.54. The Kier molecular flexibility index (Phi) is 5.33. The molecule has 2 N–H and O–H groups in total. The molecule has 0 amide bonds. The summed E-state index contributed by atoms with van der Waals surface area (Å²) in [6.07, 6.45) is 3.30. The van der Waals surface area contributed by atoms with Gasteiger partial charge in [-0.3, -0.25) is 0 Å². The van der Waals surface area contributed by atoms with Crippen LogP contribution in [0.25, 0.3) is 0 Å². The van der Waals surface area contributed by atoms with Gasteiger partial charge in [-0.05, 0) is 63.3 Å². The summed E-state index contributed by atoms with van der Waals surface area (Å²) in [7, 11) is 0. The summed E-state index contributed by atoms with van der Waals surface area (Å²) < 4.78 is 5.68. The lowest BCUT2D eigenvalue weighted by atomic mass is 10.1. The zero-order valence-electron chi connectivity index (χ0n) is 10.6. The topological polar surface area (TPSA) is 35.2 Å². The van der Waals surface area contributed by atoms with Gasteiger partial charge in [0.15, 0.2) is 0 Å². The highest BCUT2D eigenvalue weighted by Crippen LogP contribution is 2.16. The monoisotopic (exact) mass is 221 g/mol. The molecule has 1 unspecified atom stereocenters. The van der Waals surface area contributed by atoms with E-state index in [0.29, 0.717) is 6.04 Å². The normalized spacial score (nSPS) is 12.5. The van der Waals surface area contributed by atoms with Gasteiger partial charge in [-0.1, -0.05) is 6.07 Å². The van der Waals surface area contributed by atoms with Gasteiger partial charge in [0.05, 0.1) is 6.61 Å². The third-order valence-corrected chi connectivity index (χ3v) is 2.80. The minimum atomic E-state index is 0.307. The van der Waals surface area contributed by atoms with Crippen LogP contribution in [-0.2, 0) is 0 Å². The van der Waals surface area contributed by atoms with Crippen molar-refractivity contribution in [2.24, 2.45) is 5.73 Å². The Bertz CT molecular complexity index is 321. The predicted molar refractivity (Wildman–Crippen MR) is 68.9 cm³/mol. The maximum Gasteiger partial charge on any atom is 0.119 e. The Balaban J connectivity index is 2.24. The molecule has 0 heterocycles. The summed E-state index contributed by atoms with van der Waals surface area (Å²) in [5.41, 5.74) is 8.28. The van der Waals surface area contributed by atoms with Crippen molar-refractivity contribution in [3.8, 4) is 5.75 Å². The van der Waals surface area contributed by atoms with E-state index in [1.807, 2.05) is 13.0 Å². The number of aryl methyl sites for hydroxylation is 2. The van der Waals surface area contributed by atoms with Crippen LogP contribution in [0, 0.1) is 13.8 Å². The quantitative estimate of drug-likeness (QED) is 0.749. The van der Waals surface area contributed by atoms with Crippen molar-refractivity contribution in [1.29, 1.82) is 0 Å². The molecule has 0 aliphatic carbocycles. The molecule has 0 spiro atoms. The van der Waals surface area contributed by atoms with Crippen molar-refractivity contribution < 1.29 is 4.74 Å². The van der Waals surface area contributed by atoms with Crippen molar-refractivity contribution in [1.82, 2.24) is 0 Å². The van der Waals surface area contributed by atoms with E-state index in [0.717, 1.165) is 31.6 Å². The molecule has 16 heavy (non-hydrogen) atoms. The molecule has 0 radical (unpaired) electrons. The van der Waals surface area contributed by atoms with E-state index in [4.69, 9.17) is 10.5 Å². The highest BCUT2D eigenvalue weighted by molar-refractivity contribution is 5.33. The molecular formula is C14H23NO. The fourth-order valence-corrected chi connectivity index (χ4v) is 1.56. The number of rotatable bonds is 6. The molecule has 0 bridgehead atoms. The van der Waals surface area contributed by atoms with Gasteiger partial charge in [-0.25, -0.2) is 0 Å². The fourth-order valence-electron chi connectivity index (χ4n) is 1.56. The predicted octanol–water partition coefficient (Wildman–Crippen LogP) is 3.20. The Morgan fingerprint density at radius 3 is 2.56 bits per heavy atom. The van der Waals surface area contributed by atoms with Gasteiger partial charge in [-0.2, -0.15) is 0 Å². The maximum atomic E-state index is 5.68. The minimum absolute atomic E-state index is 0.307. The smallest absolute Gasteiger partial charge is 0.119 e. The first-order valence-electron chi connectivity index (χ1n) is 6.05. The second-order valence-electron chi connectivity index (χ2n) is 4.57. The van der Waals surface area contributed by atoms with Crippen LogP contribution in [-0.4, -0.2) is 12.6 Å². The first kappa shape index (κ1) is 13.0. The Morgan fingerprint density at radius 1 is 1.19 bits per heavy atom. The van der Waals surface area contributed by atoms with E-state index in [1.54, 1.807) is 0 Å². The summed E-state index contributed by atoms with van der Waals surface area (Å²) in [6, 6.07) is 6.54. The first-order chi connectivity index (χ1) is 7.59. The van der Waals surface area contributed by atoms with Crippen molar-refractivity contribution >= 4 is 0 Å². The lowest BCUT2D eigenvalue weighted by Crippen LogP contribution is -2.14. The zero-order valence-corrected chi connectivity index (χ0v) is 10.6. The Hall–Kier alpha value is -1.02. The van der Waals surface area contributed by atoms with Gasteiger partial charge < -0.3 is 10.5 Å². The van der Waals surface area contributed by atoms with Gasteiger partial charge in [0.1, 0.15) is 5.75 Å². The van der Waals surface area contributed by atoms with Gasteiger partial charge >= 0.3 is 0 Å². The maximum absolute atomic E-state index is 5.68. The van der Waals surface area contributed by atoms with Crippen LogP contribution in [0.3, 0.4) is 0 Å². The molecule has 90 valence electrons. The van der Waals surface area contributed by atoms with Gasteiger partial charge in [-0.15, -0.1) is 0 Å². The number of benzene rings is 1. The molecule has 0 aliphatic heterocycles. The number of nitrogens with two attached hydrogens (primary N) is 1. The van der Waals surface area contributed by atoms with Crippen LogP contribution in [0.15, 0.2) is 18.2 Å². The average molecular weight is 221 g/mol. The third-order valence-electron chi connectivity index (χ3n) is 2.80. The molecule has 2 heteroatoms. The molecule has 2 nitrogen and oxygen atoms in total. The summed E-state index contributed by atoms with van der Waals surface area (Å²) in [5.74, 6) is 0.976. The number of ether oxygens (including phenoxy) is 1. The number of unbranched alkanes of at least 4 members (excludes halogenated alkanes) is 1. The summed E-state index contributed by atoms with van der Waals surface area (Å²) in [6.45, 7) is 7.06. The van der Waals surface area contributed by atoms with E-state index in [1.165, 1.54) is 11.1 Å². The number of hydrogen-bond acceptors (Lipinski definition) is 2. The van der Waals surface area contributed by atoms with Crippen LogP contribution < -0.4 is 10.5 Å². The van der Waals surface area contributed by atoms with E-state index in [-0.39, 0.29) is 0 Å². The highest BCUT2D eigenvalue weighted by Gasteiger charge is 1.98. The van der Waals surface area contributed by atoms with Crippen LogP contribution in [0.2, 0.25) is 0 Å². The SMILES string of the molecule is Cc1ccc(OCCCCC(C)N)cc1C. The van der Waals surface area contributed by atoms with E-state index in [2.05, 4.69) is 26.0 Å². The van der Waals surface area contributed by atoms with Crippen LogP contribution in [0.4, 0.5) is 0 Å². The van der Waals surface area contributed by atoms with Crippen LogP contribution in [0.5, 0.6) is 5.75 Å². The minimum Gasteiger partial charge on any atom is -0.494 e. The molecule has 0 aromatic heterocycles. The summed E-state index contributed by atoms with van der Waals surface area (Å²) in [4.78, 5) is 0. The molecule has 0 aliphatic rings. The second-order valence-corrected chi connectivity index (χ2v) is 4.57. The van der Waals surface area contributed by atoms with E-state index >= 15 is 0 Å². The first-order valence-corrected chi connectivity index (χ1v) is 6.05. The van der Waals surface area contributed by atoms with Gasteiger partial charge in [0.2, 0.25) is 0 Å². The van der Waals surface area contributed by atoms with Crippen LogP contribution in [0.1, 0.15) is 37.3 Å². The molecule has 1 aromatic carbocycles. The number of hydrogen-bond donors (Lipinski definition) is 1. The van der Waals surface area contributed by atoms with Crippen molar-refractivity contribution in [3.63, 3.8) is 0 Å². The lowest BCUT2D eigenvalue weighted by molar-refractivity contribution is 0.303. The van der Waals surface area contributed by atoms with E-state index in [9.17, 15) is 0 Å². The molecule has 1 aromatic rings. The van der Waals surface area contributed by atoms with Crippen molar-refractivity contribution in [2.45, 2.75) is 46.1 Å². The molecule has 1 rings (SSSR count). The zero-order chi connectivity index (χ0) is 12.0. The Morgan fingerprint density at radius 2 is 1.94 bits per heavy atom. The standard InChI is InChI=1S/C14H23NO/c1-11-7-8-14(10-12(11)2)16-9-5-4-6-13(3)15/h7-8,10,13H,4-6,9,15H2,1-3H3. The lowest BCUT2D eigenvalue weighted by Gasteiger charge is -2.09. The Labute approximate surface area is 98.8 Å². The average Bonchev–Trinajstić information content (AvgIpc) is 2.22. The van der Waals surface area contributed by atoms with Crippen molar-refractivity contribution in [2.75, 3.05) is 6.61 Å². The largest absolute Gasteiger partial charge is 0.494 e. The van der Waals surface area contributed by atoms with Crippen LogP contribution >= 0.6 is 0 Å². The molecule has 0 saturated carbocycles. The molecule has 0 fully saturated rings. The molecular weight excluding hydrogens is 198 g/mol. The van der Waals surface area contributed by atoms with E-state index < -0.39 is 0 Å². The molecule has 0 saturated heterocycles. The van der Waals surface area contributed by atoms with Gasteiger partial charge in [0.25, 0.3) is 0 Å².